The topological polar surface area (TPSA) is 83.8 Å². The molecular weight excluding hydrogens is 144 g/mol. The Hall–Kier alpha value is -1.36. The van der Waals surface area contributed by atoms with Crippen molar-refractivity contribution in [2.24, 2.45) is 5.73 Å². The summed E-state index contributed by atoms with van der Waals surface area (Å²) in [5.74, 6) is 0.335. The molecule has 0 spiro atoms. The number of aromatic amines is 1. The van der Waals surface area contributed by atoms with Gasteiger partial charge in [0.05, 0.1) is 12.2 Å². The summed E-state index contributed by atoms with van der Waals surface area (Å²) in [6.45, 7) is 1.62. The van der Waals surface area contributed by atoms with Crippen LogP contribution in [0.15, 0.2) is 12.3 Å². The van der Waals surface area contributed by atoms with E-state index in [1.54, 1.807) is 19.2 Å². The number of aromatic nitrogens is 2. The number of H-pyrrole nitrogens is 1. The van der Waals surface area contributed by atoms with Crippen LogP contribution in [-0.2, 0) is 4.79 Å². The molecular formula is C6H10N4O. The Bertz CT molecular complexity index is 229. The number of anilines is 1. The van der Waals surface area contributed by atoms with E-state index >= 15 is 0 Å². The fraction of sp³-hybridized carbons (Fsp3) is 0.333. The third-order valence-corrected chi connectivity index (χ3v) is 1.17. The molecule has 5 heteroatoms. The van der Waals surface area contributed by atoms with Gasteiger partial charge in [-0.1, -0.05) is 0 Å². The van der Waals surface area contributed by atoms with Crippen LogP contribution in [0.5, 0.6) is 0 Å². The van der Waals surface area contributed by atoms with Crippen molar-refractivity contribution >= 4 is 11.7 Å². The van der Waals surface area contributed by atoms with E-state index in [0.29, 0.717) is 5.82 Å². The van der Waals surface area contributed by atoms with Crippen LogP contribution in [0.3, 0.4) is 0 Å². The predicted molar refractivity (Wildman–Crippen MR) is 40.9 cm³/mol. The van der Waals surface area contributed by atoms with Crippen LogP contribution in [0, 0.1) is 0 Å². The molecule has 0 saturated carbocycles. The van der Waals surface area contributed by atoms with E-state index in [0.717, 1.165) is 0 Å². The Morgan fingerprint density at radius 2 is 2.64 bits per heavy atom. The first kappa shape index (κ1) is 7.74. The Morgan fingerprint density at radius 3 is 3.09 bits per heavy atom. The molecule has 4 N–H and O–H groups in total. The molecule has 0 aliphatic carbocycles. The van der Waals surface area contributed by atoms with Gasteiger partial charge < -0.3 is 11.1 Å². The number of hydrogen-bond donors (Lipinski definition) is 3. The Kier molecular flexibility index (Phi) is 2.22. The van der Waals surface area contributed by atoms with Gasteiger partial charge in [-0.05, 0) is 6.92 Å². The summed E-state index contributed by atoms with van der Waals surface area (Å²) < 4.78 is 0. The first-order valence-corrected chi connectivity index (χ1v) is 3.26. The van der Waals surface area contributed by atoms with Gasteiger partial charge >= 0.3 is 0 Å². The highest BCUT2D eigenvalue weighted by molar-refractivity contribution is 5.93. The van der Waals surface area contributed by atoms with Crippen molar-refractivity contribution in [2.75, 3.05) is 5.32 Å². The standard InChI is InChI=1S/C6H10N4O/c1-4(7)6(11)9-5-2-3-8-10-5/h2-4H,7H2,1H3,(H2,8,9,10,11)/t4-/m1/s1. The molecule has 11 heavy (non-hydrogen) atoms. The zero-order chi connectivity index (χ0) is 8.27. The summed E-state index contributed by atoms with van der Waals surface area (Å²) in [4.78, 5) is 10.9. The first-order valence-electron chi connectivity index (χ1n) is 3.26. The fourth-order valence-corrected chi connectivity index (χ4v) is 0.572. The van der Waals surface area contributed by atoms with Crippen molar-refractivity contribution in [1.82, 2.24) is 10.2 Å². The third-order valence-electron chi connectivity index (χ3n) is 1.17. The summed E-state index contributed by atoms with van der Waals surface area (Å²) in [6, 6.07) is 1.15. The lowest BCUT2D eigenvalue weighted by atomic mass is 10.3. The summed E-state index contributed by atoms with van der Waals surface area (Å²) >= 11 is 0. The van der Waals surface area contributed by atoms with E-state index in [9.17, 15) is 4.79 Å². The van der Waals surface area contributed by atoms with Crippen LogP contribution in [0.4, 0.5) is 5.82 Å². The lowest BCUT2D eigenvalue weighted by Gasteiger charge is -2.03. The largest absolute Gasteiger partial charge is 0.320 e. The van der Waals surface area contributed by atoms with Gasteiger partial charge in [0, 0.05) is 6.07 Å². The average molecular weight is 154 g/mol. The highest BCUT2D eigenvalue weighted by Crippen LogP contribution is 1.98. The van der Waals surface area contributed by atoms with Crippen molar-refractivity contribution in [3.63, 3.8) is 0 Å². The summed E-state index contributed by atoms with van der Waals surface area (Å²) in [7, 11) is 0. The van der Waals surface area contributed by atoms with E-state index in [2.05, 4.69) is 15.5 Å². The van der Waals surface area contributed by atoms with Crippen molar-refractivity contribution in [2.45, 2.75) is 13.0 Å². The lowest BCUT2D eigenvalue weighted by molar-refractivity contribution is -0.117. The minimum atomic E-state index is -0.502. The van der Waals surface area contributed by atoms with Gasteiger partial charge in [0.1, 0.15) is 5.82 Å². The van der Waals surface area contributed by atoms with E-state index in [1.165, 1.54) is 0 Å². The Balaban J connectivity index is 2.50. The molecule has 1 aromatic rings. The van der Waals surface area contributed by atoms with Gasteiger partial charge in [0.2, 0.25) is 5.91 Å². The zero-order valence-electron chi connectivity index (χ0n) is 6.16. The number of rotatable bonds is 2. The van der Waals surface area contributed by atoms with Crippen molar-refractivity contribution < 1.29 is 4.79 Å². The molecule has 0 unspecified atom stereocenters. The predicted octanol–water partition coefficient (Wildman–Crippen LogP) is -0.305. The summed E-state index contributed by atoms with van der Waals surface area (Å²) in [5.41, 5.74) is 5.31. The quantitative estimate of drug-likeness (QED) is 0.546. The molecule has 60 valence electrons. The Morgan fingerprint density at radius 1 is 1.91 bits per heavy atom. The molecule has 1 amide bonds. The number of nitrogens with zero attached hydrogens (tertiary/aromatic N) is 1. The smallest absolute Gasteiger partial charge is 0.242 e. The normalized spacial score (nSPS) is 12.5. The number of nitrogens with two attached hydrogens (primary N) is 1. The lowest BCUT2D eigenvalue weighted by Crippen LogP contribution is -2.32. The van der Waals surface area contributed by atoms with Crippen molar-refractivity contribution in [3.05, 3.63) is 12.3 Å². The molecule has 1 aromatic heterocycles. The number of carbonyl (C=O) groups excluding carboxylic acids is 1. The van der Waals surface area contributed by atoms with E-state index in [4.69, 9.17) is 5.73 Å². The fourth-order valence-electron chi connectivity index (χ4n) is 0.572. The van der Waals surface area contributed by atoms with Crippen molar-refractivity contribution in [3.8, 4) is 0 Å². The Labute approximate surface area is 64.0 Å². The number of carbonyl (C=O) groups is 1. The third kappa shape index (κ3) is 2.05. The van der Waals surface area contributed by atoms with Crippen LogP contribution in [0.1, 0.15) is 6.92 Å². The highest BCUT2D eigenvalue weighted by atomic mass is 16.2. The monoisotopic (exact) mass is 154 g/mol. The molecule has 1 rings (SSSR count). The maximum Gasteiger partial charge on any atom is 0.242 e. The number of nitrogens with one attached hydrogen (secondary N) is 2. The molecule has 1 heterocycles. The van der Waals surface area contributed by atoms with E-state index in [1.807, 2.05) is 0 Å². The van der Waals surface area contributed by atoms with Crippen LogP contribution < -0.4 is 11.1 Å². The van der Waals surface area contributed by atoms with Crippen molar-refractivity contribution in [1.29, 1.82) is 0 Å². The second-order valence-electron chi connectivity index (χ2n) is 2.25. The molecule has 1 atom stereocenters. The van der Waals surface area contributed by atoms with Crippen LogP contribution in [0.25, 0.3) is 0 Å². The van der Waals surface area contributed by atoms with Crippen LogP contribution in [-0.4, -0.2) is 22.1 Å². The highest BCUT2D eigenvalue weighted by Gasteiger charge is 2.06. The van der Waals surface area contributed by atoms with Gasteiger partial charge in [0.25, 0.3) is 0 Å². The van der Waals surface area contributed by atoms with Gasteiger partial charge in [-0.15, -0.1) is 0 Å². The maximum atomic E-state index is 10.9. The van der Waals surface area contributed by atoms with Crippen LogP contribution in [0.2, 0.25) is 0 Å². The molecule has 0 bridgehead atoms. The molecule has 0 radical (unpaired) electrons. The van der Waals surface area contributed by atoms with E-state index < -0.39 is 6.04 Å². The summed E-state index contributed by atoms with van der Waals surface area (Å²) in [5, 5.41) is 8.78. The average Bonchev–Trinajstić information content (AvgIpc) is 2.39. The van der Waals surface area contributed by atoms with Gasteiger partial charge in [-0.25, -0.2) is 0 Å². The zero-order valence-corrected chi connectivity index (χ0v) is 6.16. The maximum absolute atomic E-state index is 10.9. The minimum absolute atomic E-state index is 0.228. The molecule has 0 saturated heterocycles. The molecule has 0 aromatic carbocycles. The molecule has 0 aliphatic rings. The number of amides is 1. The van der Waals surface area contributed by atoms with Gasteiger partial charge in [0.15, 0.2) is 0 Å². The number of hydrogen-bond acceptors (Lipinski definition) is 3. The SMILES string of the molecule is C[C@@H](N)C(=O)Nc1ccn[nH]1. The van der Waals surface area contributed by atoms with Gasteiger partial charge in [-0.2, -0.15) is 5.10 Å². The minimum Gasteiger partial charge on any atom is -0.320 e. The van der Waals surface area contributed by atoms with Gasteiger partial charge in [-0.3, -0.25) is 9.89 Å². The second kappa shape index (κ2) is 3.16. The molecule has 5 nitrogen and oxygen atoms in total. The summed E-state index contributed by atoms with van der Waals surface area (Å²) in [6.07, 6.45) is 1.55. The second-order valence-corrected chi connectivity index (χ2v) is 2.25. The van der Waals surface area contributed by atoms with Crippen LogP contribution >= 0.6 is 0 Å². The first-order chi connectivity index (χ1) is 5.20. The van der Waals surface area contributed by atoms with E-state index in [-0.39, 0.29) is 5.91 Å². The molecule has 0 aliphatic heterocycles. The molecule has 0 fully saturated rings.